The number of amidine groups is 1. The van der Waals surface area contributed by atoms with E-state index in [4.69, 9.17) is 0 Å². The number of aryl methyl sites for hydroxylation is 1. The van der Waals surface area contributed by atoms with Crippen LogP contribution in [0.15, 0.2) is 53.8 Å². The number of nitrogens with zero attached hydrogens (tertiary/aromatic N) is 5. The van der Waals surface area contributed by atoms with Crippen molar-refractivity contribution in [1.29, 1.82) is 0 Å². The molecule has 11 nitrogen and oxygen atoms in total. The van der Waals surface area contributed by atoms with Gasteiger partial charge < -0.3 is 15.7 Å². The average Bonchev–Trinajstić information content (AvgIpc) is 3.44. The number of aromatic amines is 1. The highest BCUT2D eigenvalue weighted by molar-refractivity contribution is 6.05. The summed E-state index contributed by atoms with van der Waals surface area (Å²) in [5.74, 6) is 0.156. The molecular weight excluding hydrogens is 484 g/mol. The second-order valence-corrected chi connectivity index (χ2v) is 9.73. The number of hydrogen-bond acceptors (Lipinski definition) is 7. The number of amides is 1. The van der Waals surface area contributed by atoms with E-state index in [1.165, 1.54) is 6.20 Å². The van der Waals surface area contributed by atoms with Crippen LogP contribution in [-0.4, -0.2) is 54.8 Å². The van der Waals surface area contributed by atoms with Crippen molar-refractivity contribution >= 4 is 40.1 Å². The molecule has 1 aliphatic rings. The van der Waals surface area contributed by atoms with Crippen LogP contribution in [0.1, 0.15) is 53.9 Å². The molecule has 1 amide bonds. The van der Waals surface area contributed by atoms with Crippen molar-refractivity contribution in [3.63, 3.8) is 0 Å². The Morgan fingerprint density at radius 3 is 2.82 bits per heavy atom. The van der Waals surface area contributed by atoms with E-state index >= 15 is 0 Å². The molecule has 1 atom stereocenters. The van der Waals surface area contributed by atoms with Crippen LogP contribution in [0.3, 0.4) is 0 Å². The standard InChI is InChI=1S/C27H30N8O3/c1-15(2)35-23-10-22(16(3)9-19(23)11-29-35)31-27-28-12-21(26(37)30-17(4)14-36)24(33-27)32-25-20-8-6-5-7-18(20)13-34(25)38/h5-12,15,17,36,38H,13-14H2,1-4H3,(H2,28,29,30,31,33,37)/p+1/t17-/m1/s1. The Morgan fingerprint density at radius 1 is 1.26 bits per heavy atom. The number of hydrogen-bond donors (Lipinski definition) is 5. The molecule has 0 fully saturated rings. The molecule has 0 saturated carbocycles. The van der Waals surface area contributed by atoms with Crippen LogP contribution in [-0.2, 0) is 6.54 Å². The summed E-state index contributed by atoms with van der Waals surface area (Å²) in [7, 11) is 0. The number of nitrogens with one attached hydrogen (secondary N) is 3. The van der Waals surface area contributed by atoms with Gasteiger partial charge in [0, 0.05) is 23.9 Å². The Bertz CT molecular complexity index is 1540. The molecule has 0 saturated heterocycles. The first-order chi connectivity index (χ1) is 18.2. The Labute approximate surface area is 219 Å². The number of aliphatic hydroxyl groups excluding tert-OH is 1. The van der Waals surface area contributed by atoms with Gasteiger partial charge in [-0.1, -0.05) is 24.3 Å². The molecule has 38 heavy (non-hydrogen) atoms. The van der Waals surface area contributed by atoms with E-state index < -0.39 is 11.9 Å². The molecule has 1 aliphatic heterocycles. The molecule has 11 heteroatoms. The highest BCUT2D eigenvalue weighted by Gasteiger charge is 2.26. The minimum Gasteiger partial charge on any atom is -0.394 e. The first-order valence-electron chi connectivity index (χ1n) is 12.5. The van der Waals surface area contributed by atoms with Gasteiger partial charge in [-0.05, 0) is 44.9 Å². The monoisotopic (exact) mass is 515 g/mol. The number of aliphatic imine (C=N–C) groups is 1. The van der Waals surface area contributed by atoms with E-state index in [1.807, 2.05) is 43.5 Å². The van der Waals surface area contributed by atoms with Crippen LogP contribution in [0, 0.1) is 6.92 Å². The molecule has 0 unspecified atom stereocenters. The topological polar surface area (TPSA) is 143 Å². The Morgan fingerprint density at radius 2 is 2.05 bits per heavy atom. The lowest BCUT2D eigenvalue weighted by molar-refractivity contribution is -0.745. The van der Waals surface area contributed by atoms with E-state index in [-0.39, 0.29) is 42.4 Å². The first kappa shape index (κ1) is 25.3. The Balaban J connectivity index is 1.57. The van der Waals surface area contributed by atoms with Crippen molar-refractivity contribution in [2.45, 2.75) is 46.3 Å². The molecule has 0 bridgehead atoms. The van der Waals surface area contributed by atoms with Crippen LogP contribution in [0.5, 0.6) is 0 Å². The molecule has 4 aromatic rings. The lowest BCUT2D eigenvalue weighted by atomic mass is 10.1. The van der Waals surface area contributed by atoms with Gasteiger partial charge in [0.2, 0.25) is 11.5 Å². The second kappa shape index (κ2) is 10.2. The van der Waals surface area contributed by atoms with Crippen molar-refractivity contribution in [3.05, 3.63) is 71.0 Å². The van der Waals surface area contributed by atoms with Crippen LogP contribution >= 0.6 is 0 Å². The SMILES string of the molecule is Cc1cc2c[nH][n+](C(C)C)c2cc1Nc1ncc(C(=O)N[C@H](C)CO)c(N=C2c3ccccc3CN2O)n1. The van der Waals surface area contributed by atoms with Crippen LogP contribution in [0.2, 0.25) is 0 Å². The van der Waals surface area contributed by atoms with Crippen LogP contribution in [0.4, 0.5) is 17.5 Å². The third-order valence-electron chi connectivity index (χ3n) is 6.45. The lowest BCUT2D eigenvalue weighted by Gasteiger charge is -2.14. The Hall–Kier alpha value is -4.35. The summed E-state index contributed by atoms with van der Waals surface area (Å²) in [5.41, 5.74) is 4.62. The zero-order valence-corrected chi connectivity index (χ0v) is 21.7. The maximum atomic E-state index is 13.0. The summed E-state index contributed by atoms with van der Waals surface area (Å²) >= 11 is 0. The van der Waals surface area contributed by atoms with Gasteiger partial charge in [-0.3, -0.25) is 10.0 Å². The van der Waals surface area contributed by atoms with Crippen LogP contribution < -0.4 is 15.3 Å². The summed E-state index contributed by atoms with van der Waals surface area (Å²) in [6, 6.07) is 11.4. The van der Waals surface area contributed by atoms with E-state index in [0.29, 0.717) is 0 Å². The third-order valence-corrected chi connectivity index (χ3v) is 6.45. The first-order valence-corrected chi connectivity index (χ1v) is 12.5. The Kier molecular flexibility index (Phi) is 6.79. The predicted molar refractivity (Wildman–Crippen MR) is 143 cm³/mol. The van der Waals surface area contributed by atoms with Crippen LogP contribution in [0.25, 0.3) is 10.9 Å². The third kappa shape index (κ3) is 4.81. The molecule has 0 radical (unpaired) electrons. The zero-order valence-electron chi connectivity index (χ0n) is 21.7. The normalized spacial score (nSPS) is 14.8. The van der Waals surface area contributed by atoms with Crippen molar-refractivity contribution in [2.75, 3.05) is 11.9 Å². The van der Waals surface area contributed by atoms with E-state index in [0.717, 1.165) is 38.3 Å². The van der Waals surface area contributed by atoms with Gasteiger partial charge in [-0.2, -0.15) is 10.1 Å². The van der Waals surface area contributed by atoms with Gasteiger partial charge in [0.25, 0.3) is 5.91 Å². The molecular formula is C27H31N8O3+. The number of carbonyl (C=O) groups is 1. The minimum absolute atomic E-state index is 0.0912. The van der Waals surface area contributed by atoms with Crippen molar-refractivity contribution < 1.29 is 19.8 Å². The zero-order chi connectivity index (χ0) is 27.0. The summed E-state index contributed by atoms with van der Waals surface area (Å²) in [5, 5.41) is 31.4. The molecule has 5 N–H and O–H groups in total. The smallest absolute Gasteiger partial charge is 0.256 e. The number of aromatic nitrogens is 4. The summed E-state index contributed by atoms with van der Waals surface area (Å²) in [4.78, 5) is 26.6. The predicted octanol–water partition coefficient (Wildman–Crippen LogP) is 3.27. The molecule has 5 rings (SSSR count). The molecule has 2 aromatic carbocycles. The van der Waals surface area contributed by atoms with E-state index in [1.54, 1.807) is 6.92 Å². The lowest BCUT2D eigenvalue weighted by Crippen LogP contribution is -2.38. The minimum atomic E-state index is -0.476. The summed E-state index contributed by atoms with van der Waals surface area (Å²) in [6.45, 7) is 7.94. The molecule has 0 spiro atoms. The number of H-pyrrole nitrogens is 1. The van der Waals surface area contributed by atoms with E-state index in [2.05, 4.69) is 55.3 Å². The highest BCUT2D eigenvalue weighted by Crippen LogP contribution is 2.28. The molecule has 3 heterocycles. The molecule has 2 aromatic heterocycles. The maximum Gasteiger partial charge on any atom is 0.256 e. The van der Waals surface area contributed by atoms with Crippen molar-refractivity contribution in [2.24, 2.45) is 4.99 Å². The highest BCUT2D eigenvalue weighted by atomic mass is 16.5. The number of carbonyl (C=O) groups excluding carboxylic acids is 1. The van der Waals surface area contributed by atoms with Gasteiger partial charge in [0.1, 0.15) is 5.56 Å². The summed E-state index contributed by atoms with van der Waals surface area (Å²) < 4.78 is 2.07. The number of fused-ring (bicyclic) bond motifs is 2. The van der Waals surface area contributed by atoms with Gasteiger partial charge in [-0.25, -0.2) is 15.0 Å². The van der Waals surface area contributed by atoms with Gasteiger partial charge >= 0.3 is 0 Å². The number of rotatable bonds is 7. The van der Waals surface area contributed by atoms with Crippen molar-refractivity contribution in [3.8, 4) is 0 Å². The fraction of sp³-hybridized carbons (Fsp3) is 0.296. The fourth-order valence-corrected chi connectivity index (χ4v) is 4.43. The van der Waals surface area contributed by atoms with E-state index in [9.17, 15) is 15.1 Å². The number of aliphatic hydroxyl groups is 1. The number of anilines is 2. The summed E-state index contributed by atoms with van der Waals surface area (Å²) in [6.07, 6.45) is 3.37. The molecule has 196 valence electrons. The van der Waals surface area contributed by atoms with Gasteiger partial charge in [0.05, 0.1) is 30.4 Å². The second-order valence-electron chi connectivity index (χ2n) is 9.73. The number of hydroxylamine groups is 2. The van der Waals surface area contributed by atoms with Crippen molar-refractivity contribution in [1.82, 2.24) is 25.4 Å². The van der Waals surface area contributed by atoms with Gasteiger partial charge in [0.15, 0.2) is 17.7 Å². The van der Waals surface area contributed by atoms with Gasteiger partial charge in [-0.15, -0.1) is 4.68 Å². The number of benzene rings is 2. The largest absolute Gasteiger partial charge is 0.394 e. The molecule has 0 aliphatic carbocycles. The quantitative estimate of drug-likeness (QED) is 0.238. The average molecular weight is 516 g/mol. The maximum absolute atomic E-state index is 13.0. The fourth-order valence-electron chi connectivity index (χ4n) is 4.43.